The summed E-state index contributed by atoms with van der Waals surface area (Å²) in [6.07, 6.45) is 20.5. The first-order chi connectivity index (χ1) is 21.1. The van der Waals surface area contributed by atoms with Gasteiger partial charge in [-0.1, -0.05) is 44.9 Å². The van der Waals surface area contributed by atoms with E-state index in [0.29, 0.717) is 66.1 Å². The molecule has 240 valence electrons. The number of carboxylic acids is 1. The Morgan fingerprint density at radius 1 is 0.372 bits per heavy atom. The Morgan fingerprint density at radius 2 is 0.651 bits per heavy atom. The average Bonchev–Trinajstić information content (AvgIpc) is 3.76. The highest BCUT2D eigenvalue weighted by atomic mass is 16.4. The predicted molar refractivity (Wildman–Crippen MR) is 164 cm³/mol. The molecule has 9 rings (SSSR count). The van der Waals surface area contributed by atoms with Gasteiger partial charge in [0.2, 0.25) is 0 Å². The number of nitrogens with one attached hydrogen (secondary N) is 8. The van der Waals surface area contributed by atoms with Crippen molar-refractivity contribution in [2.75, 3.05) is 0 Å². The van der Waals surface area contributed by atoms with Gasteiger partial charge in [-0.05, 0) is 92.8 Å². The smallest absolute Gasteiger partial charge is 0.306 e. The van der Waals surface area contributed by atoms with Crippen molar-refractivity contribution >= 4 is 5.97 Å². The van der Waals surface area contributed by atoms with Crippen LogP contribution in [0.25, 0.3) is 0 Å². The summed E-state index contributed by atoms with van der Waals surface area (Å²) in [5.74, 6) is 3.36. The molecule has 17 unspecified atom stereocenters. The van der Waals surface area contributed by atoms with Crippen molar-refractivity contribution in [3.8, 4) is 0 Å². The molecule has 10 nitrogen and oxygen atoms in total. The predicted octanol–water partition coefficient (Wildman–Crippen LogP) is 1.92. The van der Waals surface area contributed by atoms with E-state index in [1.54, 1.807) is 0 Å². The molecule has 4 saturated carbocycles. The van der Waals surface area contributed by atoms with E-state index in [1.807, 2.05) is 0 Å². The Kier molecular flexibility index (Phi) is 7.55. The minimum absolute atomic E-state index is 0.00446. The van der Waals surface area contributed by atoms with Crippen LogP contribution in [0.3, 0.4) is 0 Å². The third-order valence-corrected chi connectivity index (χ3v) is 14.2. The summed E-state index contributed by atoms with van der Waals surface area (Å²) in [5.41, 5.74) is 0. The lowest BCUT2D eigenvalue weighted by atomic mass is 9.71. The van der Waals surface area contributed by atoms with Crippen molar-refractivity contribution in [1.29, 1.82) is 0 Å². The molecule has 0 amide bonds. The van der Waals surface area contributed by atoms with Gasteiger partial charge < -0.3 is 5.11 Å². The highest BCUT2D eigenvalue weighted by Gasteiger charge is 2.56. The molecule has 9 fully saturated rings. The quantitative estimate of drug-likeness (QED) is 0.221. The minimum atomic E-state index is -0.607. The maximum atomic E-state index is 12.6. The first-order valence-electron chi connectivity index (χ1n) is 18.4. The van der Waals surface area contributed by atoms with Crippen molar-refractivity contribution in [2.24, 2.45) is 53.3 Å². The molecule has 5 aliphatic heterocycles. The number of hydrogen-bond acceptors (Lipinski definition) is 9. The molecule has 17 atom stereocenters. The van der Waals surface area contributed by atoms with Crippen LogP contribution in [0.4, 0.5) is 0 Å². The Balaban J connectivity index is 1.07. The van der Waals surface area contributed by atoms with Crippen LogP contribution in [-0.2, 0) is 4.79 Å². The zero-order chi connectivity index (χ0) is 28.7. The van der Waals surface area contributed by atoms with Crippen molar-refractivity contribution in [3.05, 3.63) is 0 Å². The molecular weight excluding hydrogens is 540 g/mol. The van der Waals surface area contributed by atoms with Gasteiger partial charge in [-0.3, -0.25) is 47.3 Å². The van der Waals surface area contributed by atoms with Crippen LogP contribution in [0.15, 0.2) is 0 Å². The molecule has 9 N–H and O–H groups in total. The van der Waals surface area contributed by atoms with Crippen LogP contribution in [0, 0.1) is 53.3 Å². The van der Waals surface area contributed by atoms with Crippen LogP contribution in [0.5, 0.6) is 0 Å². The van der Waals surface area contributed by atoms with Crippen molar-refractivity contribution in [1.82, 2.24) is 42.5 Å². The molecule has 0 aromatic heterocycles. The van der Waals surface area contributed by atoms with Crippen LogP contribution < -0.4 is 42.5 Å². The Morgan fingerprint density at radius 3 is 0.977 bits per heavy atom. The Hall–Kier alpha value is -0.850. The van der Waals surface area contributed by atoms with Crippen LogP contribution >= 0.6 is 0 Å². The van der Waals surface area contributed by atoms with E-state index >= 15 is 0 Å². The molecule has 0 aromatic carbocycles. The van der Waals surface area contributed by atoms with Gasteiger partial charge in [0.15, 0.2) is 0 Å². The molecule has 5 saturated heterocycles. The minimum Gasteiger partial charge on any atom is -0.481 e. The van der Waals surface area contributed by atoms with Gasteiger partial charge in [0.25, 0.3) is 0 Å². The van der Waals surface area contributed by atoms with E-state index in [0.717, 1.165) is 19.3 Å². The largest absolute Gasteiger partial charge is 0.481 e. The lowest BCUT2D eigenvalue weighted by Crippen LogP contribution is -2.62. The highest BCUT2D eigenvalue weighted by molar-refractivity contribution is 5.70. The lowest BCUT2D eigenvalue weighted by Gasteiger charge is -2.37. The zero-order valence-corrected chi connectivity index (χ0v) is 25.8. The van der Waals surface area contributed by atoms with Crippen molar-refractivity contribution in [3.63, 3.8) is 0 Å². The maximum absolute atomic E-state index is 12.6. The number of fused-ring (bicyclic) bond motifs is 20. The summed E-state index contributed by atoms with van der Waals surface area (Å²) in [4.78, 5) is 12.6. The Bertz CT molecular complexity index is 1050. The molecular formula is C33H56N8O2. The fourth-order valence-electron chi connectivity index (χ4n) is 12.3. The van der Waals surface area contributed by atoms with E-state index in [-0.39, 0.29) is 36.5 Å². The number of carbonyl (C=O) groups is 1. The standard InChI is InChI=1S/C33H56N8O2/c42-33(43)23-15-7-14-22-24(23)32-40-30-21-13-6-5-12-20(21)28(38-30)36-26-17-9-2-1-8-16(17)25(34-26)35-27-18-10-3-4-11-19(18)29(37-27)39-31(22)41-32/h16-32,34-41H,1-15H2,(H,42,43). The fraction of sp³-hybridized carbons (Fsp3) is 0.970. The molecule has 9 aliphatic rings. The second-order valence-corrected chi connectivity index (χ2v) is 16.1. The van der Waals surface area contributed by atoms with Crippen LogP contribution in [0.1, 0.15) is 96.3 Å². The molecule has 0 spiro atoms. The van der Waals surface area contributed by atoms with Gasteiger partial charge in [0, 0.05) is 5.92 Å². The third kappa shape index (κ3) is 4.84. The first-order valence-corrected chi connectivity index (χ1v) is 18.4. The van der Waals surface area contributed by atoms with Gasteiger partial charge in [0.1, 0.15) is 0 Å². The van der Waals surface area contributed by atoms with Crippen LogP contribution in [-0.4, -0.2) is 60.4 Å². The SMILES string of the molecule is O=C(O)C1CCCC2C3NC4NC(NC5NC(NC6NC(NC(N3)C12)C1CCCCC61)C1CCCCC51)C1CCCCC41. The molecule has 4 aliphatic carbocycles. The summed E-state index contributed by atoms with van der Waals surface area (Å²) in [7, 11) is 0. The number of aliphatic carboxylic acids is 1. The van der Waals surface area contributed by atoms with E-state index in [2.05, 4.69) is 42.5 Å². The molecule has 5 heterocycles. The number of carboxylic acid groups (broad SMARTS) is 1. The summed E-state index contributed by atoms with van der Waals surface area (Å²) in [6, 6.07) is 0. The summed E-state index contributed by atoms with van der Waals surface area (Å²) in [5, 5.41) is 43.3. The van der Waals surface area contributed by atoms with Gasteiger partial charge in [0.05, 0.1) is 55.2 Å². The van der Waals surface area contributed by atoms with Crippen LogP contribution in [0.2, 0.25) is 0 Å². The molecule has 10 heteroatoms. The van der Waals surface area contributed by atoms with E-state index < -0.39 is 5.97 Å². The number of rotatable bonds is 1. The van der Waals surface area contributed by atoms with Gasteiger partial charge >= 0.3 is 5.97 Å². The second kappa shape index (κ2) is 11.4. The molecule has 43 heavy (non-hydrogen) atoms. The summed E-state index contributed by atoms with van der Waals surface area (Å²) >= 11 is 0. The van der Waals surface area contributed by atoms with E-state index in [9.17, 15) is 9.90 Å². The van der Waals surface area contributed by atoms with E-state index in [1.165, 1.54) is 77.0 Å². The summed E-state index contributed by atoms with van der Waals surface area (Å²) in [6.45, 7) is 0. The average molecular weight is 597 g/mol. The van der Waals surface area contributed by atoms with Gasteiger partial charge in [-0.2, -0.15) is 0 Å². The lowest BCUT2D eigenvalue weighted by molar-refractivity contribution is -0.146. The van der Waals surface area contributed by atoms with Gasteiger partial charge in [-0.15, -0.1) is 0 Å². The fourth-order valence-corrected chi connectivity index (χ4v) is 12.3. The third-order valence-electron chi connectivity index (χ3n) is 14.2. The molecule has 0 radical (unpaired) electrons. The van der Waals surface area contributed by atoms with Crippen molar-refractivity contribution < 1.29 is 9.90 Å². The monoisotopic (exact) mass is 596 g/mol. The molecule has 0 aromatic rings. The Labute approximate surface area is 257 Å². The summed E-state index contributed by atoms with van der Waals surface area (Å²) < 4.78 is 0. The molecule has 8 bridgehead atoms. The normalized spacial score (nSPS) is 56.0. The maximum Gasteiger partial charge on any atom is 0.306 e. The highest BCUT2D eigenvalue weighted by Crippen LogP contribution is 2.46. The number of hydrogen-bond donors (Lipinski definition) is 9. The van der Waals surface area contributed by atoms with E-state index in [4.69, 9.17) is 0 Å². The first kappa shape index (κ1) is 28.4. The second-order valence-electron chi connectivity index (χ2n) is 16.1. The topological polar surface area (TPSA) is 134 Å². The zero-order valence-electron chi connectivity index (χ0n) is 25.8. The van der Waals surface area contributed by atoms with Gasteiger partial charge in [-0.25, -0.2) is 0 Å². The van der Waals surface area contributed by atoms with Crippen molar-refractivity contribution in [2.45, 2.75) is 146 Å².